The van der Waals surface area contributed by atoms with Crippen molar-refractivity contribution < 1.29 is 19.1 Å². The molecule has 0 amide bonds. The van der Waals surface area contributed by atoms with Gasteiger partial charge in [0.05, 0.1) is 11.8 Å². The van der Waals surface area contributed by atoms with Gasteiger partial charge in [-0.2, -0.15) is 0 Å². The molecule has 5 saturated carbocycles. The molecule has 0 spiro atoms. The van der Waals surface area contributed by atoms with Gasteiger partial charge in [0, 0.05) is 5.92 Å². The number of hydrogen-bond acceptors (Lipinski definition) is 4. The molecule has 5 aliphatic rings. The lowest BCUT2D eigenvalue weighted by Crippen LogP contribution is -2.40. The lowest BCUT2D eigenvalue weighted by atomic mass is 9.71. The summed E-state index contributed by atoms with van der Waals surface area (Å²) >= 11 is 0. The molecule has 9 unspecified atom stereocenters. The summed E-state index contributed by atoms with van der Waals surface area (Å²) in [6.07, 6.45) is 11.1. The van der Waals surface area contributed by atoms with Crippen LogP contribution in [0.5, 0.6) is 0 Å². The van der Waals surface area contributed by atoms with E-state index in [0.29, 0.717) is 29.6 Å². The van der Waals surface area contributed by atoms with Crippen LogP contribution in [0.4, 0.5) is 0 Å². The van der Waals surface area contributed by atoms with Crippen molar-refractivity contribution in [3.63, 3.8) is 0 Å². The Morgan fingerprint density at radius 1 is 1.00 bits per heavy atom. The van der Waals surface area contributed by atoms with Gasteiger partial charge in [-0.05, 0) is 101 Å². The number of esters is 2. The summed E-state index contributed by atoms with van der Waals surface area (Å²) in [7, 11) is 0. The van der Waals surface area contributed by atoms with Gasteiger partial charge < -0.3 is 9.47 Å². The van der Waals surface area contributed by atoms with E-state index in [1.165, 1.54) is 32.1 Å². The van der Waals surface area contributed by atoms with Crippen LogP contribution >= 0.6 is 0 Å². The van der Waals surface area contributed by atoms with E-state index in [1.54, 1.807) is 0 Å². The van der Waals surface area contributed by atoms with Crippen molar-refractivity contribution >= 4 is 11.9 Å². The SMILES string of the molecule is CCC(C)C(=O)OC1CCC2CC3C4CC(C(=O)OC5(C)CCCC5)C(C4)C3C21. The minimum Gasteiger partial charge on any atom is -0.462 e. The maximum absolute atomic E-state index is 13.2. The number of rotatable bonds is 5. The molecule has 0 aliphatic heterocycles. The van der Waals surface area contributed by atoms with Crippen LogP contribution in [0, 0.1) is 47.3 Å². The van der Waals surface area contributed by atoms with Crippen molar-refractivity contribution in [3.05, 3.63) is 0 Å². The second-order valence-electron chi connectivity index (χ2n) is 11.3. The first kappa shape index (κ1) is 19.9. The van der Waals surface area contributed by atoms with Crippen molar-refractivity contribution in [3.8, 4) is 0 Å². The van der Waals surface area contributed by atoms with Gasteiger partial charge in [0.25, 0.3) is 0 Å². The van der Waals surface area contributed by atoms with Crippen molar-refractivity contribution in [2.45, 2.75) is 96.7 Å². The molecule has 0 saturated heterocycles. The van der Waals surface area contributed by atoms with Crippen LogP contribution in [-0.4, -0.2) is 23.6 Å². The highest BCUT2D eigenvalue weighted by molar-refractivity contribution is 5.74. The van der Waals surface area contributed by atoms with Crippen molar-refractivity contribution in [1.29, 1.82) is 0 Å². The Morgan fingerprint density at radius 2 is 1.72 bits per heavy atom. The second kappa shape index (κ2) is 7.27. The molecule has 0 aromatic heterocycles. The molecule has 29 heavy (non-hydrogen) atoms. The van der Waals surface area contributed by atoms with Crippen LogP contribution in [0.2, 0.25) is 0 Å². The lowest BCUT2D eigenvalue weighted by Gasteiger charge is -2.37. The Hall–Kier alpha value is -1.06. The van der Waals surface area contributed by atoms with Gasteiger partial charge in [-0.25, -0.2) is 0 Å². The van der Waals surface area contributed by atoms with Gasteiger partial charge in [-0.1, -0.05) is 13.8 Å². The highest BCUT2D eigenvalue weighted by atomic mass is 16.6. The van der Waals surface area contributed by atoms with Gasteiger partial charge in [0.1, 0.15) is 11.7 Å². The molecule has 0 heterocycles. The molecule has 4 nitrogen and oxygen atoms in total. The molecule has 5 fully saturated rings. The van der Waals surface area contributed by atoms with Crippen LogP contribution in [0.1, 0.15) is 85.0 Å². The molecule has 0 N–H and O–H groups in total. The molecule has 0 radical (unpaired) electrons. The van der Waals surface area contributed by atoms with E-state index < -0.39 is 0 Å². The van der Waals surface area contributed by atoms with Gasteiger partial charge in [0.15, 0.2) is 0 Å². The average molecular weight is 403 g/mol. The maximum atomic E-state index is 13.2. The summed E-state index contributed by atoms with van der Waals surface area (Å²) in [4.78, 5) is 25.6. The predicted molar refractivity (Wildman–Crippen MR) is 110 cm³/mol. The summed E-state index contributed by atoms with van der Waals surface area (Å²) < 4.78 is 12.2. The third-order valence-corrected chi connectivity index (χ3v) is 9.65. The summed E-state index contributed by atoms with van der Waals surface area (Å²) in [5.41, 5.74) is -0.224. The highest BCUT2D eigenvalue weighted by Gasteiger charge is 2.64. The standard InChI is InChI=1S/C25H38O4/c1-4-14(2)23(26)28-20-8-7-15-11-17-16-12-18(22(17)21(15)20)19(13-16)24(27)29-25(3)9-5-6-10-25/h14-22H,4-13H2,1-3H3. The zero-order valence-corrected chi connectivity index (χ0v) is 18.4. The van der Waals surface area contributed by atoms with Gasteiger partial charge in [-0.15, -0.1) is 0 Å². The predicted octanol–water partition coefficient (Wildman–Crippen LogP) is 5.14. The average Bonchev–Trinajstić information content (AvgIpc) is 3.46. The normalized spacial score (nSPS) is 45.1. The van der Waals surface area contributed by atoms with E-state index >= 15 is 0 Å². The van der Waals surface area contributed by atoms with Gasteiger partial charge >= 0.3 is 11.9 Å². The first-order valence-corrected chi connectivity index (χ1v) is 12.3. The summed E-state index contributed by atoms with van der Waals surface area (Å²) in [5.74, 6) is 3.80. The largest absolute Gasteiger partial charge is 0.462 e. The lowest BCUT2D eigenvalue weighted by molar-refractivity contribution is -0.167. The Morgan fingerprint density at radius 3 is 2.45 bits per heavy atom. The first-order chi connectivity index (χ1) is 13.9. The molecule has 5 rings (SSSR count). The zero-order valence-electron chi connectivity index (χ0n) is 18.4. The summed E-state index contributed by atoms with van der Waals surface area (Å²) in [6, 6.07) is 0. The summed E-state index contributed by atoms with van der Waals surface area (Å²) in [5, 5.41) is 0. The van der Waals surface area contributed by atoms with E-state index in [2.05, 4.69) is 6.92 Å². The van der Waals surface area contributed by atoms with Gasteiger partial charge in [-0.3, -0.25) is 9.59 Å². The smallest absolute Gasteiger partial charge is 0.309 e. The number of carbonyl (C=O) groups excluding carboxylic acids is 2. The Bertz CT molecular complexity index is 666. The van der Waals surface area contributed by atoms with E-state index in [1.807, 2.05) is 13.8 Å². The van der Waals surface area contributed by atoms with Crippen LogP contribution in [-0.2, 0) is 19.1 Å². The van der Waals surface area contributed by atoms with E-state index in [9.17, 15) is 9.59 Å². The minimum atomic E-state index is -0.224. The topological polar surface area (TPSA) is 52.6 Å². The fourth-order valence-corrected chi connectivity index (χ4v) is 8.08. The molecule has 162 valence electrons. The number of ether oxygens (including phenoxy) is 2. The Labute approximate surface area is 175 Å². The number of fused-ring (bicyclic) bond motifs is 7. The minimum absolute atomic E-state index is 0.0128. The fourth-order valence-electron chi connectivity index (χ4n) is 8.08. The van der Waals surface area contributed by atoms with E-state index in [4.69, 9.17) is 9.47 Å². The van der Waals surface area contributed by atoms with Crippen molar-refractivity contribution in [1.82, 2.24) is 0 Å². The van der Waals surface area contributed by atoms with Crippen LogP contribution in [0.15, 0.2) is 0 Å². The molecular weight excluding hydrogens is 364 g/mol. The highest BCUT2D eigenvalue weighted by Crippen LogP contribution is 2.67. The summed E-state index contributed by atoms with van der Waals surface area (Å²) in [6.45, 7) is 6.15. The third-order valence-electron chi connectivity index (χ3n) is 9.65. The molecule has 0 aromatic rings. The van der Waals surface area contributed by atoms with E-state index in [0.717, 1.165) is 38.0 Å². The third kappa shape index (κ3) is 3.24. The molecule has 5 aliphatic carbocycles. The number of carbonyl (C=O) groups is 2. The molecule has 0 aromatic carbocycles. The van der Waals surface area contributed by atoms with Crippen molar-refractivity contribution in [2.24, 2.45) is 47.3 Å². The maximum Gasteiger partial charge on any atom is 0.309 e. The van der Waals surface area contributed by atoms with Crippen LogP contribution in [0.3, 0.4) is 0 Å². The van der Waals surface area contributed by atoms with Crippen molar-refractivity contribution in [2.75, 3.05) is 0 Å². The number of hydrogen-bond donors (Lipinski definition) is 0. The van der Waals surface area contributed by atoms with Crippen LogP contribution in [0.25, 0.3) is 0 Å². The van der Waals surface area contributed by atoms with Gasteiger partial charge in [0.2, 0.25) is 0 Å². The monoisotopic (exact) mass is 402 g/mol. The Kier molecular flexibility index (Phi) is 4.98. The molecule has 4 heteroatoms. The Balaban J connectivity index is 1.29. The second-order valence-corrected chi connectivity index (χ2v) is 11.3. The fraction of sp³-hybridized carbons (Fsp3) is 0.920. The van der Waals surface area contributed by atoms with Crippen LogP contribution < -0.4 is 0 Å². The zero-order chi connectivity index (χ0) is 20.3. The molecule has 9 atom stereocenters. The quantitative estimate of drug-likeness (QED) is 0.598. The molecular formula is C25H38O4. The van der Waals surface area contributed by atoms with E-state index in [-0.39, 0.29) is 35.5 Å². The first-order valence-electron chi connectivity index (χ1n) is 12.3. The molecule has 2 bridgehead atoms.